The predicted octanol–water partition coefficient (Wildman–Crippen LogP) is 2.96. The number of nitrogens with one attached hydrogen (secondary N) is 1. The van der Waals surface area contributed by atoms with E-state index >= 15 is 0 Å². The summed E-state index contributed by atoms with van der Waals surface area (Å²) < 4.78 is 14.5. The third-order valence-electron chi connectivity index (χ3n) is 2.81. The lowest BCUT2D eigenvalue weighted by molar-refractivity contribution is 0.0188. The summed E-state index contributed by atoms with van der Waals surface area (Å²) in [5.41, 5.74) is 2.15. The number of benzene rings is 1. The van der Waals surface area contributed by atoms with Gasteiger partial charge in [-0.3, -0.25) is 0 Å². The van der Waals surface area contributed by atoms with E-state index in [0.717, 1.165) is 11.0 Å². The second kappa shape index (κ2) is 6.14. The zero-order valence-electron chi connectivity index (χ0n) is 10.3. The first kappa shape index (κ1) is 14.0. The van der Waals surface area contributed by atoms with Gasteiger partial charge in [-0.15, -0.1) is 0 Å². The number of aromatic nitrogens is 2. The second-order valence-corrected chi connectivity index (χ2v) is 5.65. The highest BCUT2D eigenvalue weighted by atomic mass is 127. The number of ether oxygens (including phenoxy) is 2. The van der Waals surface area contributed by atoms with Gasteiger partial charge in [0.2, 0.25) is 0 Å². The van der Waals surface area contributed by atoms with Gasteiger partial charge in [-0.05, 0) is 53.0 Å². The molecule has 1 unspecified atom stereocenters. The van der Waals surface area contributed by atoms with Crippen molar-refractivity contribution >= 4 is 45.8 Å². The van der Waals surface area contributed by atoms with Crippen LogP contribution in [0, 0.1) is 8.34 Å². The van der Waals surface area contributed by atoms with Crippen LogP contribution in [0.15, 0.2) is 18.2 Å². The third kappa shape index (κ3) is 2.93. The van der Waals surface area contributed by atoms with E-state index in [2.05, 4.69) is 45.8 Å². The van der Waals surface area contributed by atoms with Gasteiger partial charge in [-0.1, -0.05) is 0 Å². The van der Waals surface area contributed by atoms with Gasteiger partial charge in [-0.25, -0.2) is 0 Å². The number of methoxy groups -OCH3 is 2. The summed E-state index contributed by atoms with van der Waals surface area (Å²) in [5.74, 6) is 0. The summed E-state index contributed by atoms with van der Waals surface area (Å²) in [4.78, 5) is 3.22. The molecule has 0 fully saturated rings. The molecule has 0 radical (unpaired) electrons. The van der Waals surface area contributed by atoms with Crippen molar-refractivity contribution in [2.45, 2.75) is 12.6 Å². The minimum atomic E-state index is -0.0000203. The van der Waals surface area contributed by atoms with Crippen LogP contribution in [0.25, 0.3) is 11.0 Å². The van der Waals surface area contributed by atoms with Gasteiger partial charge in [0, 0.05) is 17.8 Å². The Morgan fingerprint density at radius 1 is 1.44 bits per heavy atom. The van der Waals surface area contributed by atoms with Crippen LogP contribution in [0.2, 0.25) is 0 Å². The number of hydrogen-bond acceptors (Lipinski definition) is 3. The van der Waals surface area contributed by atoms with Crippen LogP contribution in [-0.2, 0) is 16.0 Å². The zero-order chi connectivity index (χ0) is 13.1. The molecule has 98 valence electrons. The maximum atomic E-state index is 5.38. The predicted molar refractivity (Wildman–Crippen MR) is 82.5 cm³/mol. The molecule has 0 bridgehead atoms. The van der Waals surface area contributed by atoms with Gasteiger partial charge in [0.05, 0.1) is 30.3 Å². The van der Waals surface area contributed by atoms with E-state index < -0.39 is 0 Å². The van der Waals surface area contributed by atoms with Crippen LogP contribution in [0.5, 0.6) is 0 Å². The van der Waals surface area contributed by atoms with Crippen molar-refractivity contribution in [2.24, 2.45) is 0 Å². The Balaban J connectivity index is 2.38. The fourth-order valence-corrected chi connectivity index (χ4v) is 2.68. The van der Waals surface area contributed by atoms with E-state index in [9.17, 15) is 0 Å². The molecule has 0 aliphatic heterocycles. The number of nitrogens with zero attached hydrogens (tertiary/aromatic N) is 1. The van der Waals surface area contributed by atoms with Crippen LogP contribution < -0.4 is 0 Å². The summed E-state index contributed by atoms with van der Waals surface area (Å²) in [5, 5.41) is 0. The van der Waals surface area contributed by atoms with Crippen molar-refractivity contribution in [3.8, 4) is 0 Å². The average Bonchev–Trinajstić information content (AvgIpc) is 2.64. The molecular weight excluding hydrogens is 363 g/mol. The van der Waals surface area contributed by atoms with Gasteiger partial charge >= 0.3 is 0 Å². The molecular formula is C12H15IN2O2S. The molecule has 18 heavy (non-hydrogen) atoms. The van der Waals surface area contributed by atoms with Crippen LogP contribution in [0.4, 0.5) is 0 Å². The first-order valence-corrected chi connectivity index (χ1v) is 7.04. The molecule has 0 aliphatic rings. The monoisotopic (exact) mass is 378 g/mol. The lowest BCUT2D eigenvalue weighted by atomic mass is 10.3. The summed E-state index contributed by atoms with van der Waals surface area (Å²) in [6.07, 6.45) is -0.0000203. The molecule has 0 saturated carbocycles. The molecule has 1 aromatic carbocycles. The first-order chi connectivity index (χ1) is 8.65. The molecule has 1 heterocycles. The van der Waals surface area contributed by atoms with E-state index in [1.54, 1.807) is 14.2 Å². The average molecular weight is 378 g/mol. The largest absolute Gasteiger partial charge is 0.382 e. The standard InChI is InChI=1S/C12H15IN2O2S/c1-16-7-9(17-2)6-15-11-4-3-8(13)5-10(11)14-12(15)18/h3-5,9H,6-7H2,1-2H3,(H,14,18). The minimum Gasteiger partial charge on any atom is -0.382 e. The molecule has 2 rings (SSSR count). The number of rotatable bonds is 5. The van der Waals surface area contributed by atoms with Crippen molar-refractivity contribution in [3.63, 3.8) is 0 Å². The van der Waals surface area contributed by atoms with Crippen LogP contribution >= 0.6 is 34.8 Å². The number of imidazole rings is 1. The number of halogens is 1. The Morgan fingerprint density at radius 3 is 2.89 bits per heavy atom. The molecule has 2 aromatic rings. The van der Waals surface area contributed by atoms with Crippen molar-refractivity contribution in [2.75, 3.05) is 20.8 Å². The zero-order valence-corrected chi connectivity index (χ0v) is 13.2. The van der Waals surface area contributed by atoms with Crippen molar-refractivity contribution in [1.82, 2.24) is 9.55 Å². The number of hydrogen-bond donors (Lipinski definition) is 1. The van der Waals surface area contributed by atoms with Crippen molar-refractivity contribution < 1.29 is 9.47 Å². The molecule has 1 N–H and O–H groups in total. The fraction of sp³-hybridized carbons (Fsp3) is 0.417. The van der Waals surface area contributed by atoms with E-state index in [1.165, 1.54) is 3.57 Å². The Labute approximate surface area is 124 Å². The third-order valence-corrected chi connectivity index (χ3v) is 3.80. The molecule has 0 saturated heterocycles. The summed E-state index contributed by atoms with van der Waals surface area (Å²) in [6.45, 7) is 1.24. The normalized spacial score (nSPS) is 13.1. The van der Waals surface area contributed by atoms with Crippen LogP contribution in [0.1, 0.15) is 0 Å². The molecule has 0 aliphatic carbocycles. The SMILES string of the molecule is COCC(Cn1c(=S)[nH]c2cc(I)ccc21)OC. The highest BCUT2D eigenvalue weighted by Crippen LogP contribution is 2.18. The van der Waals surface area contributed by atoms with Crippen LogP contribution in [-0.4, -0.2) is 36.5 Å². The highest BCUT2D eigenvalue weighted by Gasteiger charge is 2.11. The maximum absolute atomic E-state index is 5.38. The summed E-state index contributed by atoms with van der Waals surface area (Å²) in [6, 6.07) is 6.23. The topological polar surface area (TPSA) is 39.2 Å². The molecule has 0 spiro atoms. The van der Waals surface area contributed by atoms with Gasteiger partial charge in [-0.2, -0.15) is 0 Å². The number of aromatic amines is 1. The van der Waals surface area contributed by atoms with Gasteiger partial charge < -0.3 is 19.0 Å². The summed E-state index contributed by atoms with van der Waals surface area (Å²) in [7, 11) is 3.36. The first-order valence-electron chi connectivity index (χ1n) is 5.55. The lowest BCUT2D eigenvalue weighted by Crippen LogP contribution is -2.23. The smallest absolute Gasteiger partial charge is 0.178 e. The van der Waals surface area contributed by atoms with Gasteiger partial charge in [0.15, 0.2) is 4.77 Å². The molecule has 0 amide bonds. The van der Waals surface area contributed by atoms with Crippen LogP contribution in [0.3, 0.4) is 0 Å². The van der Waals surface area contributed by atoms with Gasteiger partial charge in [0.25, 0.3) is 0 Å². The molecule has 6 heteroatoms. The highest BCUT2D eigenvalue weighted by molar-refractivity contribution is 14.1. The lowest BCUT2D eigenvalue weighted by Gasteiger charge is -2.15. The quantitative estimate of drug-likeness (QED) is 0.643. The number of fused-ring (bicyclic) bond motifs is 1. The van der Waals surface area contributed by atoms with E-state index in [1.807, 2.05) is 4.57 Å². The molecule has 1 aromatic heterocycles. The Bertz CT molecular complexity index is 593. The summed E-state index contributed by atoms with van der Waals surface area (Å²) >= 11 is 7.64. The molecule has 1 atom stereocenters. The fourth-order valence-electron chi connectivity index (χ4n) is 1.90. The van der Waals surface area contributed by atoms with E-state index in [0.29, 0.717) is 17.9 Å². The number of H-pyrrole nitrogens is 1. The Kier molecular flexibility index (Phi) is 4.77. The van der Waals surface area contributed by atoms with Crippen molar-refractivity contribution in [1.29, 1.82) is 0 Å². The minimum absolute atomic E-state index is 0.0000203. The maximum Gasteiger partial charge on any atom is 0.178 e. The molecule has 4 nitrogen and oxygen atoms in total. The second-order valence-electron chi connectivity index (χ2n) is 4.02. The Hall–Kier alpha value is -0.440. The van der Waals surface area contributed by atoms with E-state index in [-0.39, 0.29) is 6.10 Å². The van der Waals surface area contributed by atoms with E-state index in [4.69, 9.17) is 21.7 Å². The van der Waals surface area contributed by atoms with Crippen molar-refractivity contribution in [3.05, 3.63) is 26.5 Å². The Morgan fingerprint density at radius 2 is 2.22 bits per heavy atom. The van der Waals surface area contributed by atoms with Gasteiger partial charge in [0.1, 0.15) is 0 Å².